The molecule has 1 N–H and O–H groups in total. The highest BCUT2D eigenvalue weighted by Crippen LogP contribution is 2.21. The number of nitrogens with zero attached hydrogens (tertiary/aromatic N) is 1. The first-order chi connectivity index (χ1) is 4.88. The largest absolute Gasteiger partial charge is 0.291 e. The van der Waals surface area contributed by atoms with E-state index < -0.39 is 6.17 Å². The quantitative estimate of drug-likeness (QED) is 0.558. The zero-order chi connectivity index (χ0) is 6.97. The van der Waals surface area contributed by atoms with Crippen molar-refractivity contribution in [2.75, 3.05) is 0 Å². The van der Waals surface area contributed by atoms with Gasteiger partial charge in [-0.3, -0.25) is 5.32 Å². The summed E-state index contributed by atoms with van der Waals surface area (Å²) in [5, 5.41) is 2.94. The second-order valence-corrected chi connectivity index (χ2v) is 2.48. The fourth-order valence-corrected chi connectivity index (χ4v) is 1.28. The van der Waals surface area contributed by atoms with Crippen molar-refractivity contribution >= 4 is 0 Å². The standard InChI is InChI=1S/C8H8N2/c9-8-7-4-2-1-3-6(7)5-10-8/h1-4,8,10H,5H2. The molecular formula is C8H8N2. The maximum atomic E-state index is 9.27. The molecule has 2 heteroatoms. The van der Waals surface area contributed by atoms with Crippen LogP contribution in [0.2, 0.25) is 0 Å². The van der Waals surface area contributed by atoms with Crippen LogP contribution in [0.3, 0.4) is 0 Å². The van der Waals surface area contributed by atoms with E-state index in [4.69, 9.17) is 0 Å². The van der Waals surface area contributed by atoms with Gasteiger partial charge in [-0.2, -0.15) is 0 Å². The molecule has 0 aromatic heterocycles. The second-order valence-electron chi connectivity index (χ2n) is 2.48. The Morgan fingerprint density at radius 1 is 1.40 bits per heavy atom. The molecule has 2 radical (unpaired) electrons. The Morgan fingerprint density at radius 3 is 3.00 bits per heavy atom. The lowest BCUT2D eigenvalue weighted by molar-refractivity contribution is 0.590. The van der Waals surface area contributed by atoms with Crippen molar-refractivity contribution in [2.24, 2.45) is 0 Å². The van der Waals surface area contributed by atoms with Gasteiger partial charge in [-0.05, 0) is 11.1 Å². The maximum Gasteiger partial charge on any atom is 0.119 e. The Balaban J connectivity index is 2.51. The molecule has 0 saturated carbocycles. The number of hydrogen-bond acceptors (Lipinski definition) is 1. The van der Waals surface area contributed by atoms with Gasteiger partial charge in [0.2, 0.25) is 0 Å². The summed E-state index contributed by atoms with van der Waals surface area (Å²) < 4.78 is 0. The van der Waals surface area contributed by atoms with Crippen LogP contribution >= 0.6 is 0 Å². The zero-order valence-electron chi connectivity index (χ0n) is 5.54. The predicted molar refractivity (Wildman–Crippen MR) is 38.2 cm³/mol. The first-order valence-electron chi connectivity index (χ1n) is 3.37. The summed E-state index contributed by atoms with van der Waals surface area (Å²) in [4.78, 5) is 0. The molecule has 2 nitrogen and oxygen atoms in total. The van der Waals surface area contributed by atoms with Crippen LogP contribution in [0.1, 0.15) is 17.3 Å². The molecule has 10 heavy (non-hydrogen) atoms. The van der Waals surface area contributed by atoms with Crippen LogP contribution in [-0.4, -0.2) is 0 Å². The van der Waals surface area contributed by atoms with Gasteiger partial charge in [0.1, 0.15) is 6.17 Å². The van der Waals surface area contributed by atoms with E-state index in [1.165, 1.54) is 5.56 Å². The summed E-state index contributed by atoms with van der Waals surface area (Å²) >= 11 is 0. The van der Waals surface area contributed by atoms with E-state index in [0.717, 1.165) is 12.1 Å². The van der Waals surface area contributed by atoms with Crippen LogP contribution in [-0.2, 0) is 6.54 Å². The molecule has 1 aliphatic heterocycles. The molecule has 0 fully saturated rings. The van der Waals surface area contributed by atoms with Crippen molar-refractivity contribution in [2.45, 2.75) is 12.7 Å². The summed E-state index contributed by atoms with van der Waals surface area (Å²) in [6.45, 7) is 0.789. The topological polar surface area (TPSA) is 34.3 Å². The van der Waals surface area contributed by atoms with Gasteiger partial charge < -0.3 is 0 Å². The van der Waals surface area contributed by atoms with Gasteiger partial charge in [-0.1, -0.05) is 24.3 Å². The second kappa shape index (κ2) is 2.08. The van der Waals surface area contributed by atoms with Crippen LogP contribution in [0.5, 0.6) is 0 Å². The van der Waals surface area contributed by atoms with E-state index in [2.05, 4.69) is 5.32 Å². The van der Waals surface area contributed by atoms with E-state index in [1.807, 2.05) is 24.3 Å². The van der Waals surface area contributed by atoms with Gasteiger partial charge in [0.25, 0.3) is 0 Å². The lowest BCUT2D eigenvalue weighted by atomic mass is 10.1. The molecule has 1 heterocycles. The van der Waals surface area contributed by atoms with Gasteiger partial charge in [0.15, 0.2) is 0 Å². The number of rotatable bonds is 0. The minimum absolute atomic E-state index is 0.448. The van der Waals surface area contributed by atoms with Crippen LogP contribution in [0.25, 0.3) is 0 Å². The van der Waals surface area contributed by atoms with E-state index in [1.54, 1.807) is 0 Å². The Kier molecular flexibility index (Phi) is 1.22. The van der Waals surface area contributed by atoms with Crippen molar-refractivity contribution in [3.63, 3.8) is 0 Å². The molecule has 1 aromatic rings. The van der Waals surface area contributed by atoms with Crippen LogP contribution in [0, 0.1) is 0 Å². The van der Waals surface area contributed by atoms with Crippen molar-refractivity contribution in [1.82, 2.24) is 11.1 Å². The maximum absolute atomic E-state index is 9.27. The molecule has 1 aliphatic rings. The normalized spacial score (nSPS) is 22.7. The number of benzene rings is 1. The molecule has 0 aliphatic carbocycles. The van der Waals surface area contributed by atoms with Gasteiger partial charge in [0, 0.05) is 6.54 Å². The molecule has 0 saturated heterocycles. The number of nitrogens with one attached hydrogen (secondary N) is 1. The average Bonchev–Trinajstić information content (AvgIpc) is 2.34. The first kappa shape index (κ1) is 5.89. The lowest BCUT2D eigenvalue weighted by Crippen LogP contribution is -2.11. The van der Waals surface area contributed by atoms with E-state index in [0.29, 0.717) is 0 Å². The highest BCUT2D eigenvalue weighted by atomic mass is 15.0. The molecular weight excluding hydrogens is 124 g/mol. The smallest absolute Gasteiger partial charge is 0.119 e. The first-order valence-corrected chi connectivity index (χ1v) is 3.37. The molecule has 2 rings (SSSR count). The third-order valence-electron chi connectivity index (χ3n) is 1.84. The molecule has 50 valence electrons. The fourth-order valence-electron chi connectivity index (χ4n) is 1.28. The van der Waals surface area contributed by atoms with E-state index >= 15 is 0 Å². The molecule has 0 spiro atoms. The molecule has 0 amide bonds. The third-order valence-corrected chi connectivity index (χ3v) is 1.84. The highest BCUT2D eigenvalue weighted by Gasteiger charge is 2.17. The van der Waals surface area contributed by atoms with Gasteiger partial charge in [-0.25, -0.2) is 0 Å². The highest BCUT2D eigenvalue weighted by molar-refractivity contribution is 5.32. The zero-order valence-corrected chi connectivity index (χ0v) is 5.54. The molecule has 0 bridgehead atoms. The van der Waals surface area contributed by atoms with Crippen molar-refractivity contribution in [3.8, 4) is 0 Å². The van der Waals surface area contributed by atoms with Gasteiger partial charge in [0.05, 0.1) is 0 Å². The third kappa shape index (κ3) is 0.735. The Bertz CT molecular complexity index is 245. The number of fused-ring (bicyclic) bond motifs is 1. The average molecular weight is 132 g/mol. The van der Waals surface area contributed by atoms with Crippen molar-refractivity contribution in [1.29, 1.82) is 0 Å². The SMILES string of the molecule is [N]C1NCc2ccccc21. The Hall–Kier alpha value is -0.860. The van der Waals surface area contributed by atoms with Crippen LogP contribution in [0.15, 0.2) is 24.3 Å². The molecule has 1 atom stereocenters. The summed E-state index contributed by atoms with van der Waals surface area (Å²) in [7, 11) is 0. The fraction of sp³-hybridized carbons (Fsp3) is 0.250. The minimum Gasteiger partial charge on any atom is -0.291 e. The monoisotopic (exact) mass is 132 g/mol. The van der Waals surface area contributed by atoms with E-state index in [-0.39, 0.29) is 0 Å². The Morgan fingerprint density at radius 2 is 2.20 bits per heavy atom. The van der Waals surface area contributed by atoms with Crippen molar-refractivity contribution in [3.05, 3.63) is 35.4 Å². The van der Waals surface area contributed by atoms with Crippen LogP contribution < -0.4 is 11.1 Å². The minimum atomic E-state index is -0.448. The number of hydrogen-bond donors (Lipinski definition) is 1. The van der Waals surface area contributed by atoms with Gasteiger partial charge in [-0.15, -0.1) is 5.73 Å². The summed E-state index contributed by atoms with van der Waals surface area (Å²) in [5.74, 6) is 0. The summed E-state index contributed by atoms with van der Waals surface area (Å²) in [6, 6.07) is 7.90. The Labute approximate surface area is 60.0 Å². The summed E-state index contributed by atoms with van der Waals surface area (Å²) in [5.41, 5.74) is 11.5. The van der Waals surface area contributed by atoms with Crippen molar-refractivity contribution < 1.29 is 0 Å². The summed E-state index contributed by atoms with van der Waals surface area (Å²) in [6.07, 6.45) is -0.448. The lowest BCUT2D eigenvalue weighted by Gasteiger charge is -1.98. The molecule has 1 unspecified atom stereocenters. The van der Waals surface area contributed by atoms with E-state index in [9.17, 15) is 5.73 Å². The molecule has 1 aromatic carbocycles. The van der Waals surface area contributed by atoms with Crippen LogP contribution in [0.4, 0.5) is 0 Å². The predicted octanol–water partition coefficient (Wildman–Crippen LogP) is 0.857. The van der Waals surface area contributed by atoms with Gasteiger partial charge >= 0.3 is 0 Å².